The average molecular weight is 256 g/mol. The van der Waals surface area contributed by atoms with E-state index in [0.717, 1.165) is 37.8 Å². The number of rotatable bonds is 2. The molecule has 0 atom stereocenters. The molecule has 0 radical (unpaired) electrons. The van der Waals surface area contributed by atoms with Crippen molar-refractivity contribution in [1.82, 2.24) is 15.0 Å². The van der Waals surface area contributed by atoms with Crippen LogP contribution in [0.3, 0.4) is 0 Å². The topological polar surface area (TPSA) is 71.2 Å². The quantitative estimate of drug-likeness (QED) is 0.856. The van der Waals surface area contributed by atoms with Gasteiger partial charge in [-0.3, -0.25) is 0 Å². The number of anilines is 3. The van der Waals surface area contributed by atoms with E-state index in [2.05, 4.69) is 24.8 Å². The molecule has 2 N–H and O–H groups in total. The van der Waals surface area contributed by atoms with Crippen LogP contribution in [-0.4, -0.2) is 41.1 Å². The molecule has 19 heavy (non-hydrogen) atoms. The molecule has 2 aromatic heterocycles. The summed E-state index contributed by atoms with van der Waals surface area (Å²) < 4.78 is 0. The predicted molar refractivity (Wildman–Crippen MR) is 75.1 cm³/mol. The molecule has 0 bridgehead atoms. The lowest BCUT2D eigenvalue weighted by Crippen LogP contribution is -2.47. The Morgan fingerprint density at radius 2 is 1.58 bits per heavy atom. The fourth-order valence-corrected chi connectivity index (χ4v) is 2.20. The van der Waals surface area contributed by atoms with E-state index in [1.807, 2.05) is 24.4 Å². The van der Waals surface area contributed by atoms with Gasteiger partial charge in [-0.1, -0.05) is 0 Å². The van der Waals surface area contributed by atoms with E-state index >= 15 is 0 Å². The van der Waals surface area contributed by atoms with Crippen LogP contribution in [0.5, 0.6) is 0 Å². The maximum atomic E-state index is 5.60. The molecule has 1 saturated heterocycles. The van der Waals surface area contributed by atoms with Gasteiger partial charge in [0.15, 0.2) is 0 Å². The maximum Gasteiger partial charge on any atom is 0.225 e. The molecule has 0 aliphatic carbocycles. The first-order valence-electron chi connectivity index (χ1n) is 6.31. The molecule has 0 spiro atoms. The molecule has 3 heterocycles. The minimum absolute atomic E-state index is 0.556. The first kappa shape index (κ1) is 11.7. The van der Waals surface area contributed by atoms with Crippen molar-refractivity contribution in [2.24, 2.45) is 0 Å². The number of piperazine rings is 1. The normalized spacial score (nSPS) is 15.6. The monoisotopic (exact) mass is 256 g/mol. The van der Waals surface area contributed by atoms with E-state index in [1.54, 1.807) is 12.4 Å². The summed E-state index contributed by atoms with van der Waals surface area (Å²) >= 11 is 0. The van der Waals surface area contributed by atoms with Gasteiger partial charge in [0.2, 0.25) is 5.95 Å². The summed E-state index contributed by atoms with van der Waals surface area (Å²) in [7, 11) is 0. The highest BCUT2D eigenvalue weighted by molar-refractivity contribution is 5.49. The van der Waals surface area contributed by atoms with Gasteiger partial charge >= 0.3 is 0 Å². The number of nitrogens with two attached hydrogens (primary N) is 1. The van der Waals surface area contributed by atoms with Crippen molar-refractivity contribution in [3.63, 3.8) is 0 Å². The third-order valence-electron chi connectivity index (χ3n) is 3.25. The van der Waals surface area contributed by atoms with Crippen molar-refractivity contribution in [1.29, 1.82) is 0 Å². The Bertz CT molecular complexity index is 519. The van der Waals surface area contributed by atoms with E-state index in [4.69, 9.17) is 5.73 Å². The summed E-state index contributed by atoms with van der Waals surface area (Å²) in [5.74, 6) is 1.36. The summed E-state index contributed by atoms with van der Waals surface area (Å²) in [6.45, 7) is 3.69. The molecule has 0 aromatic carbocycles. The van der Waals surface area contributed by atoms with Crippen LogP contribution < -0.4 is 15.5 Å². The second kappa shape index (κ2) is 5.09. The van der Waals surface area contributed by atoms with Gasteiger partial charge in [0, 0.05) is 38.6 Å². The van der Waals surface area contributed by atoms with Crippen molar-refractivity contribution in [2.75, 3.05) is 41.7 Å². The van der Waals surface area contributed by atoms with Crippen molar-refractivity contribution < 1.29 is 0 Å². The summed E-state index contributed by atoms with van der Waals surface area (Å²) in [5.41, 5.74) is 6.71. The van der Waals surface area contributed by atoms with Crippen molar-refractivity contribution >= 4 is 17.5 Å². The van der Waals surface area contributed by atoms with E-state index in [0.29, 0.717) is 5.82 Å². The van der Waals surface area contributed by atoms with Gasteiger partial charge in [-0.15, -0.1) is 0 Å². The van der Waals surface area contributed by atoms with Gasteiger partial charge in [0.1, 0.15) is 5.82 Å². The van der Waals surface area contributed by atoms with Crippen LogP contribution in [0.4, 0.5) is 17.5 Å². The van der Waals surface area contributed by atoms with Gasteiger partial charge in [-0.25, -0.2) is 15.0 Å². The molecule has 3 rings (SSSR count). The number of nitrogens with zero attached hydrogens (tertiary/aromatic N) is 5. The second-order valence-electron chi connectivity index (χ2n) is 4.46. The summed E-state index contributed by atoms with van der Waals surface area (Å²) in [6.07, 6.45) is 5.38. The van der Waals surface area contributed by atoms with Crippen molar-refractivity contribution in [3.8, 4) is 0 Å². The molecule has 98 valence electrons. The summed E-state index contributed by atoms with van der Waals surface area (Å²) in [5, 5.41) is 0. The fraction of sp³-hybridized carbons (Fsp3) is 0.308. The predicted octanol–water partition coefficient (Wildman–Crippen LogP) is 0.780. The molecule has 0 amide bonds. The van der Waals surface area contributed by atoms with Crippen molar-refractivity contribution in [2.45, 2.75) is 0 Å². The lowest BCUT2D eigenvalue weighted by molar-refractivity contribution is 0.639. The zero-order valence-electron chi connectivity index (χ0n) is 10.6. The highest BCUT2D eigenvalue weighted by atomic mass is 15.3. The second-order valence-corrected chi connectivity index (χ2v) is 4.46. The van der Waals surface area contributed by atoms with Gasteiger partial charge in [0.05, 0.1) is 11.9 Å². The standard InChI is InChI=1S/C13H16N6/c14-12-3-2-11(10-17-12)18-6-8-19(9-7-18)13-15-4-1-5-16-13/h1-5,10H,6-9H2,(H2,14,17). The molecule has 1 aliphatic rings. The zero-order valence-corrected chi connectivity index (χ0v) is 10.6. The maximum absolute atomic E-state index is 5.60. The Kier molecular flexibility index (Phi) is 3.14. The molecular formula is C13H16N6. The van der Waals surface area contributed by atoms with Gasteiger partial charge < -0.3 is 15.5 Å². The highest BCUT2D eigenvalue weighted by Gasteiger charge is 2.18. The number of nitrogen functional groups attached to an aromatic ring is 1. The van der Waals surface area contributed by atoms with Crippen LogP contribution in [0.15, 0.2) is 36.8 Å². The zero-order chi connectivity index (χ0) is 13.1. The van der Waals surface area contributed by atoms with E-state index < -0.39 is 0 Å². The van der Waals surface area contributed by atoms with Crippen LogP contribution >= 0.6 is 0 Å². The number of aromatic nitrogens is 3. The minimum atomic E-state index is 0.556. The SMILES string of the molecule is Nc1ccc(N2CCN(c3ncccn3)CC2)cn1. The Labute approximate surface area is 111 Å². The molecule has 6 nitrogen and oxygen atoms in total. The first-order valence-corrected chi connectivity index (χ1v) is 6.31. The Balaban J connectivity index is 1.65. The lowest BCUT2D eigenvalue weighted by Gasteiger charge is -2.35. The smallest absolute Gasteiger partial charge is 0.225 e. The number of hydrogen-bond donors (Lipinski definition) is 1. The highest BCUT2D eigenvalue weighted by Crippen LogP contribution is 2.17. The molecule has 1 fully saturated rings. The fourth-order valence-electron chi connectivity index (χ4n) is 2.20. The van der Waals surface area contributed by atoms with Gasteiger partial charge in [-0.05, 0) is 18.2 Å². The third-order valence-corrected chi connectivity index (χ3v) is 3.25. The van der Waals surface area contributed by atoms with Crippen molar-refractivity contribution in [3.05, 3.63) is 36.8 Å². The Morgan fingerprint density at radius 3 is 2.21 bits per heavy atom. The summed E-state index contributed by atoms with van der Waals surface area (Å²) in [4.78, 5) is 17.2. The largest absolute Gasteiger partial charge is 0.384 e. The molecule has 6 heteroatoms. The van der Waals surface area contributed by atoms with Crippen LogP contribution in [0.25, 0.3) is 0 Å². The number of pyridine rings is 1. The van der Waals surface area contributed by atoms with E-state index in [-0.39, 0.29) is 0 Å². The van der Waals surface area contributed by atoms with Gasteiger partial charge in [-0.2, -0.15) is 0 Å². The third kappa shape index (κ3) is 2.57. The molecule has 1 aliphatic heterocycles. The molecule has 2 aromatic rings. The first-order chi connectivity index (χ1) is 9.33. The molecular weight excluding hydrogens is 240 g/mol. The lowest BCUT2D eigenvalue weighted by atomic mass is 10.3. The van der Waals surface area contributed by atoms with E-state index in [9.17, 15) is 0 Å². The molecule has 0 saturated carbocycles. The minimum Gasteiger partial charge on any atom is -0.384 e. The summed E-state index contributed by atoms with van der Waals surface area (Å²) in [6, 6.07) is 5.68. The van der Waals surface area contributed by atoms with E-state index in [1.165, 1.54) is 0 Å². The van der Waals surface area contributed by atoms with Crippen LogP contribution in [-0.2, 0) is 0 Å². The Morgan fingerprint density at radius 1 is 0.895 bits per heavy atom. The number of hydrogen-bond acceptors (Lipinski definition) is 6. The van der Waals surface area contributed by atoms with Gasteiger partial charge in [0.25, 0.3) is 0 Å². The van der Waals surface area contributed by atoms with Crippen LogP contribution in [0.1, 0.15) is 0 Å². The van der Waals surface area contributed by atoms with Crippen LogP contribution in [0, 0.1) is 0 Å². The molecule has 0 unspecified atom stereocenters. The average Bonchev–Trinajstić information content (AvgIpc) is 2.49. The Hall–Kier alpha value is -2.37. The van der Waals surface area contributed by atoms with Crippen LogP contribution in [0.2, 0.25) is 0 Å².